The molecule has 0 fully saturated rings. The Bertz CT molecular complexity index is 689. The fourth-order valence-electron chi connectivity index (χ4n) is 2.01. The minimum absolute atomic E-state index is 0.275. The molecule has 1 aromatic heterocycles. The number of rotatable bonds is 0. The molecular formula is C14H11NO. The molecule has 0 aliphatic rings. The lowest BCUT2D eigenvalue weighted by Crippen LogP contribution is -1.85. The number of phenolic OH excluding ortho intramolecular Hbond substituents is 1. The molecule has 2 aromatic carbocycles. The minimum atomic E-state index is 0.275. The molecule has 3 rings (SSSR count). The van der Waals surface area contributed by atoms with Crippen molar-refractivity contribution in [1.29, 1.82) is 0 Å². The number of nitrogens with zero attached hydrogens (tertiary/aromatic N) is 1. The highest BCUT2D eigenvalue weighted by atomic mass is 16.3. The average Bonchev–Trinajstić information content (AvgIpc) is 2.31. The summed E-state index contributed by atoms with van der Waals surface area (Å²) in [5.74, 6) is 0.275. The van der Waals surface area contributed by atoms with E-state index in [9.17, 15) is 5.11 Å². The van der Waals surface area contributed by atoms with Gasteiger partial charge in [-0.2, -0.15) is 0 Å². The molecule has 0 unspecified atom stereocenters. The van der Waals surface area contributed by atoms with Gasteiger partial charge in [-0.3, -0.25) is 0 Å². The SMILES string of the molecule is Cc1ccc2cc3ccccc3c(O)c2n1. The number of phenols is 1. The average molecular weight is 209 g/mol. The first kappa shape index (κ1) is 9.16. The molecule has 2 nitrogen and oxygen atoms in total. The molecule has 0 aliphatic carbocycles. The van der Waals surface area contributed by atoms with E-state index in [2.05, 4.69) is 11.1 Å². The predicted molar refractivity (Wildman–Crippen MR) is 65.7 cm³/mol. The smallest absolute Gasteiger partial charge is 0.149 e. The summed E-state index contributed by atoms with van der Waals surface area (Å²) in [6.45, 7) is 1.92. The predicted octanol–water partition coefficient (Wildman–Crippen LogP) is 3.40. The third-order valence-corrected chi connectivity index (χ3v) is 2.82. The van der Waals surface area contributed by atoms with Gasteiger partial charge in [0, 0.05) is 16.5 Å². The summed E-state index contributed by atoms with van der Waals surface area (Å²) in [6, 6.07) is 13.8. The van der Waals surface area contributed by atoms with E-state index in [0.717, 1.165) is 21.9 Å². The Morgan fingerprint density at radius 3 is 2.69 bits per heavy atom. The fraction of sp³-hybridized carbons (Fsp3) is 0.0714. The van der Waals surface area contributed by atoms with Crippen LogP contribution in [0.3, 0.4) is 0 Å². The van der Waals surface area contributed by atoms with Gasteiger partial charge in [-0.1, -0.05) is 30.3 Å². The Hall–Kier alpha value is -2.09. The second-order valence-electron chi connectivity index (χ2n) is 3.97. The molecule has 0 saturated heterocycles. The van der Waals surface area contributed by atoms with Gasteiger partial charge in [0.1, 0.15) is 11.3 Å². The number of aryl methyl sites for hydroxylation is 1. The van der Waals surface area contributed by atoms with Crippen molar-refractivity contribution >= 4 is 21.7 Å². The lowest BCUT2D eigenvalue weighted by atomic mass is 10.1. The molecule has 78 valence electrons. The fourth-order valence-corrected chi connectivity index (χ4v) is 2.01. The monoisotopic (exact) mass is 209 g/mol. The second kappa shape index (κ2) is 3.20. The van der Waals surface area contributed by atoms with Crippen LogP contribution in [0.2, 0.25) is 0 Å². The van der Waals surface area contributed by atoms with E-state index in [1.54, 1.807) is 0 Å². The first-order valence-electron chi connectivity index (χ1n) is 5.24. The molecule has 0 atom stereocenters. The van der Waals surface area contributed by atoms with Crippen molar-refractivity contribution in [3.8, 4) is 5.75 Å². The highest BCUT2D eigenvalue weighted by Gasteiger charge is 2.06. The lowest BCUT2D eigenvalue weighted by molar-refractivity contribution is 0.486. The van der Waals surface area contributed by atoms with Crippen LogP contribution in [0.15, 0.2) is 42.5 Å². The molecule has 0 saturated carbocycles. The Balaban J connectivity index is 2.56. The summed E-state index contributed by atoms with van der Waals surface area (Å²) < 4.78 is 0. The molecule has 2 heteroatoms. The van der Waals surface area contributed by atoms with Crippen LogP contribution >= 0.6 is 0 Å². The minimum Gasteiger partial charge on any atom is -0.505 e. The number of aromatic hydroxyl groups is 1. The van der Waals surface area contributed by atoms with E-state index in [-0.39, 0.29) is 5.75 Å². The lowest BCUT2D eigenvalue weighted by Gasteiger charge is -2.05. The van der Waals surface area contributed by atoms with Crippen LogP contribution in [-0.4, -0.2) is 10.1 Å². The maximum Gasteiger partial charge on any atom is 0.149 e. The van der Waals surface area contributed by atoms with E-state index in [4.69, 9.17) is 0 Å². The van der Waals surface area contributed by atoms with Gasteiger partial charge in [0.25, 0.3) is 0 Å². The summed E-state index contributed by atoms with van der Waals surface area (Å²) in [7, 11) is 0. The Morgan fingerprint density at radius 1 is 1.00 bits per heavy atom. The van der Waals surface area contributed by atoms with Gasteiger partial charge in [0.05, 0.1) is 0 Å². The number of hydrogen-bond donors (Lipinski definition) is 1. The van der Waals surface area contributed by atoms with Gasteiger partial charge in [0.15, 0.2) is 0 Å². The van der Waals surface area contributed by atoms with Crippen LogP contribution in [-0.2, 0) is 0 Å². The van der Waals surface area contributed by atoms with E-state index >= 15 is 0 Å². The van der Waals surface area contributed by atoms with Crippen LogP contribution in [0.4, 0.5) is 0 Å². The normalized spacial score (nSPS) is 11.1. The van der Waals surface area contributed by atoms with E-state index in [1.165, 1.54) is 0 Å². The highest BCUT2D eigenvalue weighted by molar-refractivity contribution is 6.03. The van der Waals surface area contributed by atoms with Crippen molar-refractivity contribution in [2.75, 3.05) is 0 Å². The van der Waals surface area contributed by atoms with Gasteiger partial charge in [-0.25, -0.2) is 4.98 Å². The van der Waals surface area contributed by atoms with Crippen molar-refractivity contribution in [2.45, 2.75) is 6.92 Å². The third kappa shape index (κ3) is 1.23. The Labute approximate surface area is 93.2 Å². The van der Waals surface area contributed by atoms with Crippen LogP contribution in [0.5, 0.6) is 5.75 Å². The largest absolute Gasteiger partial charge is 0.505 e. The molecule has 0 bridgehead atoms. The van der Waals surface area contributed by atoms with Gasteiger partial charge in [-0.05, 0) is 24.4 Å². The number of benzene rings is 2. The van der Waals surface area contributed by atoms with Crippen LogP contribution in [0, 0.1) is 6.92 Å². The Kier molecular flexibility index (Phi) is 1.83. The zero-order chi connectivity index (χ0) is 11.1. The molecular weight excluding hydrogens is 198 g/mol. The van der Waals surface area contributed by atoms with Gasteiger partial charge in [-0.15, -0.1) is 0 Å². The number of hydrogen-bond acceptors (Lipinski definition) is 2. The van der Waals surface area contributed by atoms with Crippen LogP contribution < -0.4 is 0 Å². The number of fused-ring (bicyclic) bond motifs is 2. The van der Waals surface area contributed by atoms with E-state index in [0.29, 0.717) is 5.52 Å². The molecule has 0 amide bonds. The Morgan fingerprint density at radius 2 is 1.81 bits per heavy atom. The van der Waals surface area contributed by atoms with Crippen molar-refractivity contribution in [2.24, 2.45) is 0 Å². The number of aromatic nitrogens is 1. The molecule has 16 heavy (non-hydrogen) atoms. The molecule has 0 radical (unpaired) electrons. The van der Waals surface area contributed by atoms with Gasteiger partial charge >= 0.3 is 0 Å². The van der Waals surface area contributed by atoms with Crippen LogP contribution in [0.1, 0.15) is 5.69 Å². The molecule has 0 aliphatic heterocycles. The van der Waals surface area contributed by atoms with Gasteiger partial charge in [0.2, 0.25) is 0 Å². The van der Waals surface area contributed by atoms with Crippen molar-refractivity contribution < 1.29 is 5.11 Å². The maximum absolute atomic E-state index is 10.2. The van der Waals surface area contributed by atoms with Crippen LogP contribution in [0.25, 0.3) is 21.7 Å². The van der Waals surface area contributed by atoms with Crippen molar-refractivity contribution in [1.82, 2.24) is 4.98 Å². The molecule has 1 heterocycles. The van der Waals surface area contributed by atoms with E-state index in [1.807, 2.05) is 43.3 Å². The molecule has 3 aromatic rings. The molecule has 1 N–H and O–H groups in total. The topological polar surface area (TPSA) is 33.1 Å². The van der Waals surface area contributed by atoms with Crippen molar-refractivity contribution in [3.05, 3.63) is 48.2 Å². The standard InChI is InChI=1S/C14H11NO/c1-9-6-7-11-8-10-4-2-3-5-12(10)14(16)13(11)15-9/h2-8,16H,1H3. The first-order valence-corrected chi connectivity index (χ1v) is 5.24. The van der Waals surface area contributed by atoms with E-state index < -0.39 is 0 Å². The third-order valence-electron chi connectivity index (χ3n) is 2.82. The second-order valence-corrected chi connectivity index (χ2v) is 3.97. The summed E-state index contributed by atoms with van der Waals surface area (Å²) >= 11 is 0. The summed E-state index contributed by atoms with van der Waals surface area (Å²) in [6.07, 6.45) is 0. The zero-order valence-corrected chi connectivity index (χ0v) is 8.94. The molecule has 0 spiro atoms. The number of pyridine rings is 1. The summed E-state index contributed by atoms with van der Waals surface area (Å²) in [5.41, 5.74) is 1.59. The highest BCUT2D eigenvalue weighted by Crippen LogP contribution is 2.32. The summed E-state index contributed by atoms with van der Waals surface area (Å²) in [4.78, 5) is 4.38. The summed E-state index contributed by atoms with van der Waals surface area (Å²) in [5, 5.41) is 13.0. The first-order chi connectivity index (χ1) is 7.75. The van der Waals surface area contributed by atoms with Gasteiger partial charge < -0.3 is 5.11 Å². The van der Waals surface area contributed by atoms with Crippen molar-refractivity contribution in [3.63, 3.8) is 0 Å². The quantitative estimate of drug-likeness (QED) is 0.575. The maximum atomic E-state index is 10.2. The zero-order valence-electron chi connectivity index (χ0n) is 8.94.